The van der Waals surface area contributed by atoms with E-state index in [2.05, 4.69) is 17.5 Å². The average molecular weight is 324 g/mol. The number of rotatable bonds is 8. The third-order valence-electron chi connectivity index (χ3n) is 3.51. The van der Waals surface area contributed by atoms with E-state index >= 15 is 0 Å². The standard InChI is InChI=1S/C20H24N2O2/c1-3-8-19(17-11-13-18(14-12-17)24-4-2)21-22-20(23)15-16-9-6-5-7-10-16/h5-7,9-14H,3-4,8,15H2,1-2H3,(H,22,23)/b21-19+. The topological polar surface area (TPSA) is 50.7 Å². The highest BCUT2D eigenvalue weighted by Gasteiger charge is 2.06. The summed E-state index contributed by atoms with van der Waals surface area (Å²) in [5, 5.41) is 4.33. The molecule has 1 N–H and O–H groups in total. The van der Waals surface area contributed by atoms with E-state index in [4.69, 9.17) is 4.74 Å². The molecule has 1 amide bonds. The molecule has 2 rings (SSSR count). The normalized spacial score (nSPS) is 11.2. The van der Waals surface area contributed by atoms with Crippen LogP contribution in [0.2, 0.25) is 0 Å². The number of ether oxygens (including phenoxy) is 1. The molecule has 2 aromatic carbocycles. The van der Waals surface area contributed by atoms with E-state index in [9.17, 15) is 4.79 Å². The van der Waals surface area contributed by atoms with Gasteiger partial charge in [-0.1, -0.05) is 43.7 Å². The Hall–Kier alpha value is -2.62. The Labute approximate surface area is 143 Å². The molecule has 0 saturated carbocycles. The summed E-state index contributed by atoms with van der Waals surface area (Å²) in [4.78, 5) is 12.1. The molecule has 0 unspecified atom stereocenters. The molecular formula is C20H24N2O2. The number of carbonyl (C=O) groups is 1. The number of carbonyl (C=O) groups excluding carboxylic acids is 1. The molecular weight excluding hydrogens is 300 g/mol. The number of nitrogens with one attached hydrogen (secondary N) is 1. The molecule has 0 aromatic heterocycles. The summed E-state index contributed by atoms with van der Waals surface area (Å²) in [6.07, 6.45) is 2.09. The molecule has 2 aromatic rings. The molecule has 0 radical (unpaired) electrons. The van der Waals surface area contributed by atoms with E-state index in [0.717, 1.165) is 35.4 Å². The molecule has 0 spiro atoms. The Morgan fingerprint density at radius 1 is 1.04 bits per heavy atom. The van der Waals surface area contributed by atoms with Gasteiger partial charge in [0.2, 0.25) is 5.91 Å². The summed E-state index contributed by atoms with van der Waals surface area (Å²) in [7, 11) is 0. The number of benzene rings is 2. The van der Waals surface area contributed by atoms with Gasteiger partial charge in [0, 0.05) is 0 Å². The average Bonchev–Trinajstić information content (AvgIpc) is 2.60. The molecule has 4 heteroatoms. The van der Waals surface area contributed by atoms with Crippen LogP contribution in [-0.2, 0) is 11.2 Å². The molecule has 0 bridgehead atoms. The van der Waals surface area contributed by atoms with Crippen LogP contribution in [0.3, 0.4) is 0 Å². The van der Waals surface area contributed by atoms with Gasteiger partial charge in [-0.05, 0) is 48.7 Å². The van der Waals surface area contributed by atoms with Crippen molar-refractivity contribution >= 4 is 11.6 Å². The van der Waals surface area contributed by atoms with E-state index < -0.39 is 0 Å². The molecule has 0 aliphatic carbocycles. The lowest BCUT2D eigenvalue weighted by atomic mass is 10.1. The van der Waals surface area contributed by atoms with Crippen LogP contribution in [0.1, 0.15) is 37.8 Å². The van der Waals surface area contributed by atoms with Crippen LogP contribution in [0.15, 0.2) is 59.7 Å². The van der Waals surface area contributed by atoms with Crippen molar-refractivity contribution in [3.8, 4) is 5.75 Å². The van der Waals surface area contributed by atoms with Gasteiger partial charge in [-0.25, -0.2) is 5.43 Å². The molecule has 4 nitrogen and oxygen atoms in total. The highest BCUT2D eigenvalue weighted by Crippen LogP contribution is 2.14. The van der Waals surface area contributed by atoms with Crippen molar-refractivity contribution in [3.05, 3.63) is 65.7 Å². The van der Waals surface area contributed by atoms with E-state index in [1.807, 2.05) is 61.5 Å². The van der Waals surface area contributed by atoms with Crippen LogP contribution < -0.4 is 10.2 Å². The molecule has 24 heavy (non-hydrogen) atoms. The second-order valence-electron chi connectivity index (χ2n) is 5.46. The largest absolute Gasteiger partial charge is 0.494 e. The maximum absolute atomic E-state index is 12.1. The predicted molar refractivity (Wildman–Crippen MR) is 97.3 cm³/mol. The predicted octanol–water partition coefficient (Wildman–Crippen LogP) is 3.95. The van der Waals surface area contributed by atoms with Crippen LogP contribution in [0, 0.1) is 0 Å². The fraction of sp³-hybridized carbons (Fsp3) is 0.300. The molecule has 0 heterocycles. The second kappa shape index (κ2) is 9.50. The van der Waals surface area contributed by atoms with Crippen LogP contribution in [0.25, 0.3) is 0 Å². The summed E-state index contributed by atoms with van der Waals surface area (Å²) in [6, 6.07) is 17.5. The molecule has 0 aliphatic rings. The van der Waals surface area contributed by atoms with Gasteiger partial charge >= 0.3 is 0 Å². The minimum atomic E-state index is -0.110. The fourth-order valence-electron chi connectivity index (χ4n) is 2.36. The second-order valence-corrected chi connectivity index (χ2v) is 5.46. The molecule has 0 atom stereocenters. The third-order valence-corrected chi connectivity index (χ3v) is 3.51. The Morgan fingerprint density at radius 2 is 1.75 bits per heavy atom. The number of hydrazone groups is 1. The van der Waals surface area contributed by atoms with Crippen molar-refractivity contribution in [2.45, 2.75) is 33.1 Å². The summed E-state index contributed by atoms with van der Waals surface area (Å²) in [6.45, 7) is 4.70. The summed E-state index contributed by atoms with van der Waals surface area (Å²) < 4.78 is 5.46. The van der Waals surface area contributed by atoms with Crippen LogP contribution in [0.5, 0.6) is 5.75 Å². The van der Waals surface area contributed by atoms with E-state index in [1.165, 1.54) is 0 Å². The van der Waals surface area contributed by atoms with Crippen molar-refractivity contribution in [1.82, 2.24) is 5.43 Å². The molecule has 0 fully saturated rings. The van der Waals surface area contributed by atoms with Gasteiger partial charge in [0.1, 0.15) is 5.75 Å². The Morgan fingerprint density at radius 3 is 2.38 bits per heavy atom. The number of hydrogen-bond acceptors (Lipinski definition) is 3. The highest BCUT2D eigenvalue weighted by molar-refractivity contribution is 6.01. The lowest BCUT2D eigenvalue weighted by Gasteiger charge is -2.08. The van der Waals surface area contributed by atoms with Crippen molar-refractivity contribution in [2.24, 2.45) is 5.10 Å². The van der Waals surface area contributed by atoms with E-state index in [-0.39, 0.29) is 5.91 Å². The Bertz CT molecular complexity index is 664. The third kappa shape index (κ3) is 5.54. The van der Waals surface area contributed by atoms with Gasteiger partial charge in [0.05, 0.1) is 18.7 Å². The summed E-state index contributed by atoms with van der Waals surface area (Å²) in [5.74, 6) is 0.728. The number of hydrogen-bond donors (Lipinski definition) is 1. The maximum atomic E-state index is 12.1. The smallest absolute Gasteiger partial charge is 0.244 e. The van der Waals surface area contributed by atoms with Crippen LogP contribution in [0.4, 0.5) is 0 Å². The van der Waals surface area contributed by atoms with Gasteiger partial charge in [-0.2, -0.15) is 5.10 Å². The zero-order valence-corrected chi connectivity index (χ0v) is 14.3. The first-order valence-corrected chi connectivity index (χ1v) is 8.35. The monoisotopic (exact) mass is 324 g/mol. The quantitative estimate of drug-likeness (QED) is 0.590. The molecule has 0 saturated heterocycles. The van der Waals surface area contributed by atoms with Crippen molar-refractivity contribution in [2.75, 3.05) is 6.61 Å². The SMILES string of the molecule is CCC/C(=N\NC(=O)Cc1ccccc1)c1ccc(OCC)cc1. The summed E-state index contributed by atoms with van der Waals surface area (Å²) in [5.41, 5.74) is 5.52. The van der Waals surface area contributed by atoms with E-state index in [0.29, 0.717) is 13.0 Å². The number of amides is 1. The van der Waals surface area contributed by atoms with Crippen LogP contribution >= 0.6 is 0 Å². The van der Waals surface area contributed by atoms with Gasteiger partial charge in [0.25, 0.3) is 0 Å². The van der Waals surface area contributed by atoms with Gasteiger partial charge in [0.15, 0.2) is 0 Å². The molecule has 0 aliphatic heterocycles. The van der Waals surface area contributed by atoms with Gasteiger partial charge < -0.3 is 4.74 Å². The van der Waals surface area contributed by atoms with E-state index in [1.54, 1.807) is 0 Å². The zero-order valence-electron chi connectivity index (χ0n) is 14.3. The van der Waals surface area contributed by atoms with Crippen molar-refractivity contribution in [3.63, 3.8) is 0 Å². The van der Waals surface area contributed by atoms with Crippen molar-refractivity contribution in [1.29, 1.82) is 0 Å². The summed E-state index contributed by atoms with van der Waals surface area (Å²) >= 11 is 0. The Balaban J connectivity index is 2.03. The lowest BCUT2D eigenvalue weighted by Crippen LogP contribution is -2.22. The minimum absolute atomic E-state index is 0.110. The lowest BCUT2D eigenvalue weighted by molar-refractivity contribution is -0.120. The zero-order chi connectivity index (χ0) is 17.2. The minimum Gasteiger partial charge on any atom is -0.494 e. The first-order chi connectivity index (χ1) is 11.7. The highest BCUT2D eigenvalue weighted by atomic mass is 16.5. The fourth-order valence-corrected chi connectivity index (χ4v) is 2.36. The van der Waals surface area contributed by atoms with Crippen LogP contribution in [-0.4, -0.2) is 18.2 Å². The Kier molecular flexibility index (Phi) is 7.02. The van der Waals surface area contributed by atoms with Gasteiger partial charge in [-0.3, -0.25) is 4.79 Å². The molecule has 126 valence electrons. The van der Waals surface area contributed by atoms with Crippen molar-refractivity contribution < 1.29 is 9.53 Å². The first-order valence-electron chi connectivity index (χ1n) is 8.35. The van der Waals surface area contributed by atoms with Gasteiger partial charge in [-0.15, -0.1) is 0 Å². The first kappa shape index (κ1) is 17.7. The maximum Gasteiger partial charge on any atom is 0.244 e. The number of nitrogens with zero attached hydrogens (tertiary/aromatic N) is 1.